The van der Waals surface area contributed by atoms with Gasteiger partial charge in [-0.15, -0.1) is 5.92 Å². The molecule has 0 aromatic heterocycles. The Kier molecular flexibility index (Phi) is 10.6. The summed E-state index contributed by atoms with van der Waals surface area (Å²) < 4.78 is 37.1. The molecule has 3 atom stereocenters. The Morgan fingerprint density at radius 2 is 1.66 bits per heavy atom. The number of carbonyl (C=O) groups is 2. The predicted molar refractivity (Wildman–Crippen MR) is 149 cm³/mol. The molecule has 2 N–H and O–H groups in total. The monoisotopic (exact) mass is 567 g/mol. The van der Waals surface area contributed by atoms with Crippen molar-refractivity contribution in [1.29, 1.82) is 0 Å². The third-order valence-corrected chi connectivity index (χ3v) is 12.8. The van der Waals surface area contributed by atoms with Crippen LogP contribution in [0.4, 0.5) is 0 Å². The molecule has 1 aliphatic heterocycles. The summed E-state index contributed by atoms with van der Waals surface area (Å²) in [6.07, 6.45) is 0.398. The van der Waals surface area contributed by atoms with Gasteiger partial charge in [0.25, 0.3) is 12.2 Å². The summed E-state index contributed by atoms with van der Waals surface area (Å²) in [5, 5.41) is 12.6. The van der Waals surface area contributed by atoms with Crippen molar-refractivity contribution in [3.8, 4) is 17.6 Å². The van der Waals surface area contributed by atoms with Crippen LogP contribution in [0.3, 0.4) is 0 Å². The first-order chi connectivity index (χ1) is 17.5. The minimum absolute atomic E-state index is 0.0161. The first kappa shape index (κ1) is 31.8. The van der Waals surface area contributed by atoms with Crippen LogP contribution in [-0.4, -0.2) is 93.7 Å². The first-order valence-corrected chi connectivity index (χ1v) is 17.3. The van der Waals surface area contributed by atoms with E-state index >= 15 is 0 Å². The fraction of sp³-hybridized carbons (Fsp3) is 0.615. The molecule has 1 heterocycles. The fourth-order valence-electron chi connectivity index (χ4n) is 3.82. The zero-order valence-electron chi connectivity index (χ0n) is 23.6. The molecular formula is C26H41N3O7SSi. The summed E-state index contributed by atoms with van der Waals surface area (Å²) in [6, 6.07) is 4.78. The molecule has 0 aliphatic carbocycles. The number of ether oxygens (including phenoxy) is 1. The molecule has 1 saturated heterocycles. The number of carboxylic acids is 1. The number of amides is 1. The van der Waals surface area contributed by atoms with Crippen LogP contribution < -0.4 is 10.1 Å². The van der Waals surface area contributed by atoms with Gasteiger partial charge in [-0.3, -0.25) is 14.5 Å². The smallest absolute Gasteiger partial charge is 0.323 e. The highest BCUT2D eigenvalue weighted by Gasteiger charge is 2.40. The first-order valence-electron chi connectivity index (χ1n) is 12.6. The van der Waals surface area contributed by atoms with Gasteiger partial charge in [-0.1, -0.05) is 20.8 Å². The van der Waals surface area contributed by atoms with Gasteiger partial charge >= 0.3 is 5.97 Å². The Balaban J connectivity index is 2.05. The van der Waals surface area contributed by atoms with Crippen molar-refractivity contribution >= 4 is 30.2 Å². The van der Waals surface area contributed by atoms with E-state index in [-0.39, 0.29) is 31.2 Å². The van der Waals surface area contributed by atoms with E-state index in [9.17, 15) is 23.1 Å². The van der Waals surface area contributed by atoms with E-state index in [2.05, 4.69) is 51.0 Å². The van der Waals surface area contributed by atoms with Crippen LogP contribution in [0.2, 0.25) is 18.1 Å². The topological polar surface area (TPSA) is 125 Å². The number of sulfonamides is 1. The molecule has 12 heteroatoms. The second kappa shape index (κ2) is 12.6. The maximum atomic E-state index is 12.9. The molecule has 0 bridgehead atoms. The van der Waals surface area contributed by atoms with E-state index in [0.29, 0.717) is 11.3 Å². The summed E-state index contributed by atoms with van der Waals surface area (Å²) in [6.45, 7) is 14.9. The summed E-state index contributed by atoms with van der Waals surface area (Å²) in [5.74, 6) is 4.78. The molecule has 1 aliphatic rings. The van der Waals surface area contributed by atoms with Gasteiger partial charge in [0.05, 0.1) is 12.3 Å². The molecule has 212 valence electrons. The highest BCUT2D eigenvalue weighted by atomic mass is 32.2. The molecule has 0 saturated carbocycles. The molecule has 3 unspecified atom stereocenters. The van der Waals surface area contributed by atoms with E-state index in [1.807, 2.05) is 0 Å². The average molecular weight is 568 g/mol. The zero-order chi connectivity index (χ0) is 28.9. The number of hydrogen-bond acceptors (Lipinski definition) is 7. The van der Waals surface area contributed by atoms with Gasteiger partial charge in [-0.2, -0.15) is 4.31 Å². The molecule has 10 nitrogen and oxygen atoms in total. The molecule has 1 amide bonds. The number of nitrogens with zero attached hydrogens (tertiary/aromatic N) is 2. The highest BCUT2D eigenvalue weighted by Crippen LogP contribution is 2.37. The minimum Gasteiger partial charge on any atom is -0.480 e. The van der Waals surface area contributed by atoms with Crippen molar-refractivity contribution in [2.24, 2.45) is 0 Å². The normalized spacial score (nSPS) is 18.0. The number of piperazine rings is 1. The molecule has 2 rings (SSSR count). The van der Waals surface area contributed by atoms with Crippen LogP contribution in [-0.2, 0) is 19.2 Å². The third kappa shape index (κ3) is 8.54. The summed E-state index contributed by atoms with van der Waals surface area (Å²) >= 11 is 0. The number of rotatable bonds is 10. The van der Waals surface area contributed by atoms with E-state index in [4.69, 9.17) is 9.16 Å². The van der Waals surface area contributed by atoms with Crippen molar-refractivity contribution < 1.29 is 32.3 Å². The van der Waals surface area contributed by atoms with Gasteiger partial charge in [-0.25, -0.2) is 8.42 Å². The lowest BCUT2D eigenvalue weighted by atomic mass is 10.1. The lowest BCUT2D eigenvalue weighted by Gasteiger charge is -2.38. The number of carbonyl (C=O) groups excluding carboxylic acids is 1. The Morgan fingerprint density at radius 1 is 1.11 bits per heavy atom. The minimum atomic E-state index is -3.34. The molecular weight excluding hydrogens is 526 g/mol. The van der Waals surface area contributed by atoms with Gasteiger partial charge in [0.2, 0.25) is 10.0 Å². The van der Waals surface area contributed by atoms with Crippen molar-refractivity contribution in [1.82, 2.24) is 14.5 Å². The average Bonchev–Trinajstić information content (AvgIpc) is 2.78. The second-order valence-corrected chi connectivity index (χ2v) is 17.7. The maximum absolute atomic E-state index is 12.9. The van der Waals surface area contributed by atoms with Gasteiger partial charge in [-0.05, 0) is 62.2 Å². The summed E-state index contributed by atoms with van der Waals surface area (Å²) in [5.41, 5.74) is 0.346. The van der Waals surface area contributed by atoms with Crippen LogP contribution in [0.5, 0.6) is 5.75 Å². The molecule has 0 radical (unpaired) electrons. The lowest BCUT2D eigenvalue weighted by molar-refractivity contribution is -0.144. The fourth-order valence-corrected chi connectivity index (χ4v) is 5.64. The second-order valence-electron chi connectivity index (χ2n) is 11.0. The Labute approximate surface area is 227 Å². The summed E-state index contributed by atoms with van der Waals surface area (Å²) in [4.78, 5) is 26.6. The largest absolute Gasteiger partial charge is 0.480 e. The SMILES string of the molecule is CC#CC(Oc1ccc(C(=O)NC(C)C(C(=O)O)N2CCN(S(C)(=O)=O)CC2)cc1)O[Si](C)(C)C(C)(C)C. The van der Waals surface area contributed by atoms with E-state index in [1.165, 1.54) is 4.31 Å². The molecule has 0 spiro atoms. The third-order valence-electron chi connectivity index (χ3n) is 7.05. The van der Waals surface area contributed by atoms with Gasteiger partial charge in [0.15, 0.2) is 8.32 Å². The summed E-state index contributed by atoms with van der Waals surface area (Å²) in [7, 11) is -5.47. The highest BCUT2D eigenvalue weighted by molar-refractivity contribution is 7.88. The van der Waals surface area contributed by atoms with Gasteiger partial charge in [0, 0.05) is 31.7 Å². The zero-order valence-corrected chi connectivity index (χ0v) is 25.4. The van der Waals surface area contributed by atoms with E-state index < -0.39 is 48.6 Å². The van der Waals surface area contributed by atoms with Crippen LogP contribution in [0.15, 0.2) is 24.3 Å². The Bertz CT molecular complexity index is 1150. The quantitative estimate of drug-likeness (QED) is 0.251. The standard InChI is InChI=1S/C26H41N3O7SSi/c1-9-10-22(36-38(7,8)26(3,4)5)35-21-13-11-20(12-14-21)24(30)27-19(2)23(25(31)32)28-15-17-29(18-16-28)37(6,33)34/h11-14,19,22-23H,15-18H2,1-8H3,(H,27,30)(H,31,32). The van der Waals surface area contributed by atoms with E-state index in [0.717, 1.165) is 6.26 Å². The van der Waals surface area contributed by atoms with E-state index in [1.54, 1.807) is 43.0 Å². The van der Waals surface area contributed by atoms with Gasteiger partial charge in [0.1, 0.15) is 11.8 Å². The molecule has 38 heavy (non-hydrogen) atoms. The van der Waals surface area contributed by atoms with Crippen molar-refractivity contribution in [3.63, 3.8) is 0 Å². The molecule has 1 aromatic rings. The number of hydrogen-bond donors (Lipinski definition) is 2. The van der Waals surface area contributed by atoms with Crippen LogP contribution in [0.25, 0.3) is 0 Å². The number of benzene rings is 1. The Morgan fingerprint density at radius 3 is 2.11 bits per heavy atom. The number of aliphatic carboxylic acids is 1. The number of carboxylic acid groups (broad SMARTS) is 1. The van der Waals surface area contributed by atoms with Crippen LogP contribution >= 0.6 is 0 Å². The van der Waals surface area contributed by atoms with Crippen molar-refractivity contribution in [2.75, 3.05) is 32.4 Å². The number of nitrogens with one attached hydrogen (secondary N) is 1. The maximum Gasteiger partial charge on any atom is 0.323 e. The molecule has 1 fully saturated rings. The Hall–Kier alpha value is -2.43. The van der Waals surface area contributed by atoms with Crippen molar-refractivity contribution in [2.45, 2.75) is 71.1 Å². The lowest BCUT2D eigenvalue weighted by Crippen LogP contribution is -2.59. The van der Waals surface area contributed by atoms with Crippen LogP contribution in [0, 0.1) is 11.8 Å². The van der Waals surface area contributed by atoms with Crippen molar-refractivity contribution in [3.05, 3.63) is 29.8 Å². The predicted octanol–water partition coefficient (Wildman–Crippen LogP) is 2.59. The van der Waals surface area contributed by atoms with Gasteiger partial charge < -0.3 is 19.6 Å². The van der Waals surface area contributed by atoms with Crippen LogP contribution in [0.1, 0.15) is 45.0 Å². The molecule has 1 aromatic carbocycles.